The number of nitrogens with zero attached hydrogens (tertiary/aromatic N) is 3. The van der Waals surface area contributed by atoms with Gasteiger partial charge in [0.15, 0.2) is 0 Å². The maximum Gasteiger partial charge on any atom is 0.243 e. The Bertz CT molecular complexity index is 1160. The fourth-order valence-corrected chi connectivity index (χ4v) is 5.87. The molecule has 168 valence electrons. The summed E-state index contributed by atoms with van der Waals surface area (Å²) in [6.07, 6.45) is 1.01. The maximum atomic E-state index is 12.8. The second kappa shape index (κ2) is 9.15. The molecule has 0 unspecified atom stereocenters. The van der Waals surface area contributed by atoms with Gasteiger partial charge in [-0.05, 0) is 31.2 Å². The topological polar surface area (TPSA) is 95.1 Å². The van der Waals surface area contributed by atoms with Crippen molar-refractivity contribution in [3.05, 3.63) is 59.1 Å². The van der Waals surface area contributed by atoms with E-state index in [0.717, 1.165) is 16.1 Å². The first-order valence-corrected chi connectivity index (χ1v) is 13.2. The Labute approximate surface area is 188 Å². The highest BCUT2D eigenvalue weighted by atomic mass is 35.5. The molecule has 1 fully saturated rings. The summed E-state index contributed by atoms with van der Waals surface area (Å²) in [6, 6.07) is 13.0. The lowest BCUT2D eigenvalue weighted by Gasteiger charge is -2.35. The zero-order chi connectivity index (χ0) is 22.8. The lowest BCUT2D eigenvalue weighted by molar-refractivity contribution is -0.130. The van der Waals surface area contributed by atoms with Crippen molar-refractivity contribution in [2.45, 2.75) is 11.8 Å². The van der Waals surface area contributed by atoms with Gasteiger partial charge in [-0.15, -0.1) is 0 Å². The van der Waals surface area contributed by atoms with Crippen LogP contribution in [-0.2, 0) is 24.8 Å². The number of piperazine rings is 1. The largest absolute Gasteiger partial charge is 0.338 e. The van der Waals surface area contributed by atoms with Crippen molar-refractivity contribution >= 4 is 43.2 Å². The average Bonchev–Trinajstić information content (AvgIpc) is 2.72. The molecule has 0 radical (unpaired) electrons. The van der Waals surface area contributed by atoms with Crippen LogP contribution >= 0.6 is 11.6 Å². The van der Waals surface area contributed by atoms with Gasteiger partial charge in [0.05, 0.1) is 21.9 Å². The van der Waals surface area contributed by atoms with Gasteiger partial charge in [0.25, 0.3) is 0 Å². The highest BCUT2D eigenvalue weighted by Gasteiger charge is 2.32. The third-order valence-corrected chi connectivity index (χ3v) is 8.41. The molecule has 0 saturated carbocycles. The van der Waals surface area contributed by atoms with Crippen LogP contribution in [-0.4, -0.2) is 70.9 Å². The van der Waals surface area contributed by atoms with Crippen molar-refractivity contribution in [1.29, 1.82) is 0 Å². The zero-order valence-electron chi connectivity index (χ0n) is 17.2. The van der Waals surface area contributed by atoms with E-state index >= 15 is 0 Å². The monoisotopic (exact) mass is 485 g/mol. The molecule has 1 amide bonds. The number of para-hydroxylation sites is 1. The third-order valence-electron chi connectivity index (χ3n) is 5.05. The molecule has 0 aromatic heterocycles. The van der Waals surface area contributed by atoms with E-state index < -0.39 is 32.5 Å². The molecule has 0 bridgehead atoms. The third kappa shape index (κ3) is 5.38. The number of hydrogen-bond donors (Lipinski definition) is 0. The predicted molar refractivity (Wildman–Crippen MR) is 120 cm³/mol. The number of sulfonamides is 2. The van der Waals surface area contributed by atoms with Crippen LogP contribution < -0.4 is 4.31 Å². The van der Waals surface area contributed by atoms with Crippen LogP contribution in [0.15, 0.2) is 53.4 Å². The number of anilines is 1. The van der Waals surface area contributed by atoms with Crippen LogP contribution in [0.1, 0.15) is 5.56 Å². The summed E-state index contributed by atoms with van der Waals surface area (Å²) >= 11 is 6.13. The number of amides is 1. The number of rotatable bonds is 6. The van der Waals surface area contributed by atoms with E-state index in [4.69, 9.17) is 11.6 Å². The van der Waals surface area contributed by atoms with E-state index in [2.05, 4.69) is 0 Å². The Hall–Kier alpha value is -2.14. The van der Waals surface area contributed by atoms with Crippen LogP contribution in [0.5, 0.6) is 0 Å². The Kier molecular flexibility index (Phi) is 6.95. The van der Waals surface area contributed by atoms with Gasteiger partial charge in [0, 0.05) is 26.2 Å². The SMILES string of the molecule is Cc1ccc(S(=O)(=O)N2CCN(C(=O)CN(c3ccccc3Cl)S(C)(=O)=O)CC2)cc1. The van der Waals surface area contributed by atoms with Crippen LogP contribution in [0.4, 0.5) is 5.69 Å². The van der Waals surface area contributed by atoms with Gasteiger partial charge >= 0.3 is 0 Å². The Morgan fingerprint density at radius 3 is 2.10 bits per heavy atom. The minimum Gasteiger partial charge on any atom is -0.338 e. The maximum absolute atomic E-state index is 12.8. The number of aryl methyl sites for hydroxylation is 1. The molecular weight excluding hydrogens is 462 g/mol. The van der Waals surface area contributed by atoms with Gasteiger partial charge in [-0.25, -0.2) is 16.8 Å². The quantitative estimate of drug-likeness (QED) is 0.623. The molecule has 0 atom stereocenters. The van der Waals surface area contributed by atoms with Crippen molar-refractivity contribution in [3.8, 4) is 0 Å². The number of benzene rings is 2. The standard InChI is InChI=1S/C20H24ClN3O5S2/c1-16-7-9-17(10-8-16)31(28,29)23-13-11-22(12-14-23)20(25)15-24(30(2,26)27)19-6-4-3-5-18(19)21/h3-10H,11-15H2,1-2H3. The van der Waals surface area contributed by atoms with Crippen LogP contribution in [0.2, 0.25) is 5.02 Å². The number of hydrogen-bond acceptors (Lipinski definition) is 5. The molecule has 1 aliphatic heterocycles. The fraction of sp³-hybridized carbons (Fsp3) is 0.350. The second-order valence-electron chi connectivity index (χ2n) is 7.32. The van der Waals surface area contributed by atoms with E-state index in [1.54, 1.807) is 42.5 Å². The minimum absolute atomic E-state index is 0.132. The van der Waals surface area contributed by atoms with Crippen molar-refractivity contribution in [1.82, 2.24) is 9.21 Å². The highest BCUT2D eigenvalue weighted by Crippen LogP contribution is 2.27. The van der Waals surface area contributed by atoms with Gasteiger partial charge in [-0.3, -0.25) is 9.10 Å². The lowest BCUT2D eigenvalue weighted by Crippen LogP contribution is -2.53. The summed E-state index contributed by atoms with van der Waals surface area (Å²) in [4.78, 5) is 14.5. The van der Waals surface area contributed by atoms with E-state index in [9.17, 15) is 21.6 Å². The van der Waals surface area contributed by atoms with Gasteiger partial charge < -0.3 is 4.90 Å². The molecule has 8 nitrogen and oxygen atoms in total. The number of carbonyl (C=O) groups is 1. The van der Waals surface area contributed by atoms with Crippen LogP contribution in [0, 0.1) is 6.92 Å². The molecule has 0 spiro atoms. The second-order valence-corrected chi connectivity index (χ2v) is 11.6. The zero-order valence-corrected chi connectivity index (χ0v) is 19.6. The van der Waals surface area contributed by atoms with E-state index in [0.29, 0.717) is 0 Å². The first-order chi connectivity index (χ1) is 14.5. The fourth-order valence-electron chi connectivity index (χ4n) is 3.30. The van der Waals surface area contributed by atoms with Crippen LogP contribution in [0.25, 0.3) is 0 Å². The minimum atomic E-state index is -3.75. The van der Waals surface area contributed by atoms with E-state index in [1.165, 1.54) is 15.3 Å². The Morgan fingerprint density at radius 2 is 1.55 bits per heavy atom. The molecule has 31 heavy (non-hydrogen) atoms. The van der Waals surface area contributed by atoms with Crippen molar-refractivity contribution in [3.63, 3.8) is 0 Å². The number of carbonyl (C=O) groups excluding carboxylic acids is 1. The van der Waals surface area contributed by atoms with Gasteiger partial charge in [-0.1, -0.05) is 41.4 Å². The first kappa shape index (κ1) is 23.5. The van der Waals surface area contributed by atoms with Gasteiger partial charge in [0.2, 0.25) is 26.0 Å². The summed E-state index contributed by atoms with van der Waals surface area (Å²) in [7, 11) is -7.40. The molecule has 0 aliphatic carbocycles. The van der Waals surface area contributed by atoms with Crippen molar-refractivity contribution in [2.75, 3.05) is 43.3 Å². The first-order valence-electron chi connectivity index (χ1n) is 9.57. The lowest BCUT2D eigenvalue weighted by atomic mass is 10.2. The molecule has 2 aromatic rings. The molecule has 3 rings (SSSR count). The Balaban J connectivity index is 1.69. The van der Waals surface area contributed by atoms with Crippen LogP contribution in [0.3, 0.4) is 0 Å². The molecule has 11 heteroatoms. The molecule has 2 aromatic carbocycles. The molecule has 1 aliphatic rings. The molecule has 0 N–H and O–H groups in total. The molecular formula is C20H24ClN3O5S2. The highest BCUT2D eigenvalue weighted by molar-refractivity contribution is 7.92. The van der Waals surface area contributed by atoms with Crippen molar-refractivity contribution in [2.24, 2.45) is 0 Å². The summed E-state index contributed by atoms with van der Waals surface area (Å²) in [5, 5.41) is 0.217. The molecule has 1 heterocycles. The molecule has 1 saturated heterocycles. The summed E-state index contributed by atoms with van der Waals surface area (Å²) in [5.41, 5.74) is 1.18. The van der Waals surface area contributed by atoms with Crippen molar-refractivity contribution < 1.29 is 21.6 Å². The average molecular weight is 486 g/mol. The predicted octanol–water partition coefficient (Wildman–Crippen LogP) is 1.95. The van der Waals surface area contributed by atoms with E-state index in [1.807, 2.05) is 6.92 Å². The summed E-state index contributed by atoms with van der Waals surface area (Å²) in [6.45, 7) is 2.07. The normalized spacial score (nSPS) is 15.6. The van der Waals surface area contributed by atoms with Gasteiger partial charge in [-0.2, -0.15) is 4.31 Å². The van der Waals surface area contributed by atoms with Gasteiger partial charge in [0.1, 0.15) is 6.54 Å². The smallest absolute Gasteiger partial charge is 0.243 e. The summed E-state index contributed by atoms with van der Waals surface area (Å²) < 4.78 is 52.5. The van der Waals surface area contributed by atoms with E-state index in [-0.39, 0.29) is 41.8 Å². The number of halogens is 1. The summed E-state index contributed by atoms with van der Waals surface area (Å²) in [5.74, 6) is -0.419. The Morgan fingerprint density at radius 1 is 0.968 bits per heavy atom.